The molecule has 0 aliphatic carbocycles. The van der Waals surface area contributed by atoms with Crippen molar-refractivity contribution in [3.63, 3.8) is 0 Å². The Labute approximate surface area is 140 Å². The second-order valence-electron chi connectivity index (χ2n) is 4.96. The first kappa shape index (κ1) is 14.2. The largest absolute Gasteiger partial charge is 0.454 e. The van der Waals surface area contributed by atoms with Crippen molar-refractivity contribution in [3.8, 4) is 22.8 Å². The number of ether oxygens (including phenoxy) is 2. The molecule has 1 aliphatic heterocycles. The molecule has 3 aromatic rings. The van der Waals surface area contributed by atoms with Crippen LogP contribution in [0.2, 0.25) is 0 Å². The summed E-state index contributed by atoms with van der Waals surface area (Å²) < 4.78 is 10.7. The first-order chi connectivity index (χ1) is 11.3. The summed E-state index contributed by atoms with van der Waals surface area (Å²) in [5.74, 6) is 1.40. The summed E-state index contributed by atoms with van der Waals surface area (Å²) in [5.41, 5.74) is 2.75. The lowest BCUT2D eigenvalue weighted by Crippen LogP contribution is -2.13. The van der Waals surface area contributed by atoms with Crippen LogP contribution in [-0.4, -0.2) is 17.7 Å². The van der Waals surface area contributed by atoms with Gasteiger partial charge in [0.05, 0.1) is 12.1 Å². The van der Waals surface area contributed by atoms with Crippen LogP contribution in [0, 0.1) is 0 Å². The Morgan fingerprint density at radius 3 is 3.00 bits per heavy atom. The maximum atomic E-state index is 12.0. The van der Waals surface area contributed by atoms with Crippen molar-refractivity contribution in [2.24, 2.45) is 0 Å². The fraction of sp³-hybridized carbons (Fsp3) is 0.125. The highest BCUT2D eigenvalue weighted by molar-refractivity contribution is 7.14. The maximum Gasteiger partial charge on any atom is 0.231 e. The molecule has 3 heterocycles. The van der Waals surface area contributed by atoms with E-state index in [0.717, 1.165) is 28.3 Å². The minimum Gasteiger partial charge on any atom is -0.454 e. The molecule has 0 radical (unpaired) electrons. The first-order valence-electron chi connectivity index (χ1n) is 6.94. The predicted molar refractivity (Wildman–Crippen MR) is 90.3 cm³/mol. The number of aromatic nitrogens is 1. The Balaban J connectivity index is 1.47. The fourth-order valence-electron chi connectivity index (χ4n) is 2.26. The van der Waals surface area contributed by atoms with Gasteiger partial charge in [0, 0.05) is 10.9 Å². The molecule has 0 saturated carbocycles. The van der Waals surface area contributed by atoms with E-state index in [-0.39, 0.29) is 12.7 Å². The molecule has 2 aromatic heterocycles. The number of nitrogens with zero attached hydrogens (tertiary/aromatic N) is 1. The van der Waals surface area contributed by atoms with Gasteiger partial charge in [-0.05, 0) is 40.6 Å². The number of hydrogen-bond donors (Lipinski definition) is 1. The molecular weight excluding hydrogens is 332 g/mol. The van der Waals surface area contributed by atoms with E-state index < -0.39 is 0 Å². The van der Waals surface area contributed by atoms with Gasteiger partial charge >= 0.3 is 0 Å². The number of amides is 1. The second-order valence-corrected chi connectivity index (χ2v) is 6.60. The van der Waals surface area contributed by atoms with Crippen LogP contribution < -0.4 is 14.8 Å². The lowest BCUT2D eigenvalue weighted by Gasteiger charge is -2.01. The lowest BCUT2D eigenvalue weighted by molar-refractivity contribution is -0.115. The van der Waals surface area contributed by atoms with E-state index in [1.807, 2.05) is 40.4 Å². The number of anilines is 1. The van der Waals surface area contributed by atoms with Gasteiger partial charge in [0.2, 0.25) is 12.7 Å². The van der Waals surface area contributed by atoms with Gasteiger partial charge in [-0.25, -0.2) is 4.98 Å². The Bertz CT molecular complexity index is 843. The Morgan fingerprint density at radius 1 is 1.22 bits per heavy atom. The van der Waals surface area contributed by atoms with Crippen molar-refractivity contribution in [1.29, 1.82) is 0 Å². The minimum atomic E-state index is -0.0602. The molecule has 0 bridgehead atoms. The van der Waals surface area contributed by atoms with Crippen molar-refractivity contribution in [2.75, 3.05) is 12.1 Å². The summed E-state index contributed by atoms with van der Waals surface area (Å²) in [6.07, 6.45) is 0.364. The van der Waals surface area contributed by atoms with Crippen LogP contribution in [0.15, 0.2) is 40.4 Å². The van der Waals surface area contributed by atoms with Crippen LogP contribution in [0.3, 0.4) is 0 Å². The molecule has 23 heavy (non-hydrogen) atoms. The topological polar surface area (TPSA) is 60.5 Å². The molecule has 7 heteroatoms. The number of thiazole rings is 1. The third kappa shape index (κ3) is 3.06. The summed E-state index contributed by atoms with van der Waals surface area (Å²) in [5, 5.41) is 9.28. The van der Waals surface area contributed by atoms with Crippen molar-refractivity contribution in [1.82, 2.24) is 4.98 Å². The molecule has 1 N–H and O–H groups in total. The molecular formula is C16H12N2O3S2. The average Bonchev–Trinajstić information content (AvgIpc) is 3.27. The Kier molecular flexibility index (Phi) is 3.72. The van der Waals surface area contributed by atoms with Crippen LogP contribution in [-0.2, 0) is 11.2 Å². The number of nitrogens with one attached hydrogen (secondary N) is 1. The van der Waals surface area contributed by atoms with Gasteiger partial charge in [-0.3, -0.25) is 4.79 Å². The lowest BCUT2D eigenvalue weighted by atomic mass is 10.1. The summed E-state index contributed by atoms with van der Waals surface area (Å²) in [6, 6.07) is 7.64. The Hall–Kier alpha value is -2.38. The van der Waals surface area contributed by atoms with E-state index in [4.69, 9.17) is 9.47 Å². The molecule has 116 valence electrons. The quantitative estimate of drug-likeness (QED) is 0.782. The van der Waals surface area contributed by atoms with Crippen LogP contribution in [0.5, 0.6) is 11.5 Å². The number of benzene rings is 1. The number of fused-ring (bicyclic) bond motifs is 1. The molecule has 0 atom stereocenters. The smallest absolute Gasteiger partial charge is 0.231 e. The number of carbonyl (C=O) groups excluding carboxylic acids is 1. The van der Waals surface area contributed by atoms with E-state index >= 15 is 0 Å². The number of carbonyl (C=O) groups is 1. The third-order valence-electron chi connectivity index (χ3n) is 3.36. The number of hydrogen-bond acceptors (Lipinski definition) is 6. The molecule has 1 aromatic carbocycles. The molecule has 0 saturated heterocycles. The summed E-state index contributed by atoms with van der Waals surface area (Å²) in [7, 11) is 0. The molecule has 0 unspecified atom stereocenters. The van der Waals surface area contributed by atoms with E-state index in [1.165, 1.54) is 11.3 Å². The van der Waals surface area contributed by atoms with Gasteiger partial charge in [0.1, 0.15) is 0 Å². The van der Waals surface area contributed by atoms with Gasteiger partial charge < -0.3 is 14.8 Å². The zero-order valence-electron chi connectivity index (χ0n) is 11.9. The maximum absolute atomic E-state index is 12.0. The Morgan fingerprint density at radius 2 is 2.13 bits per heavy atom. The van der Waals surface area contributed by atoms with E-state index in [1.54, 1.807) is 11.3 Å². The highest BCUT2D eigenvalue weighted by Gasteiger charge is 2.15. The van der Waals surface area contributed by atoms with Crippen molar-refractivity contribution in [2.45, 2.75) is 6.42 Å². The summed E-state index contributed by atoms with van der Waals surface area (Å²) in [6.45, 7) is 0.250. The molecule has 0 spiro atoms. The highest BCUT2D eigenvalue weighted by atomic mass is 32.1. The van der Waals surface area contributed by atoms with Crippen LogP contribution in [0.1, 0.15) is 5.56 Å². The van der Waals surface area contributed by atoms with Crippen LogP contribution in [0.25, 0.3) is 11.3 Å². The zero-order valence-corrected chi connectivity index (χ0v) is 13.6. The van der Waals surface area contributed by atoms with E-state index in [2.05, 4.69) is 10.3 Å². The van der Waals surface area contributed by atoms with E-state index in [0.29, 0.717) is 11.6 Å². The monoisotopic (exact) mass is 344 g/mol. The summed E-state index contributed by atoms with van der Waals surface area (Å²) in [4.78, 5) is 16.5. The summed E-state index contributed by atoms with van der Waals surface area (Å²) >= 11 is 2.99. The van der Waals surface area contributed by atoms with Crippen LogP contribution in [0.4, 0.5) is 5.13 Å². The molecule has 4 rings (SSSR count). The molecule has 5 nitrogen and oxygen atoms in total. The van der Waals surface area contributed by atoms with E-state index in [9.17, 15) is 4.79 Å². The normalized spacial score (nSPS) is 12.3. The van der Waals surface area contributed by atoms with Crippen molar-refractivity contribution in [3.05, 3.63) is 46.0 Å². The fourth-order valence-corrected chi connectivity index (χ4v) is 3.67. The number of rotatable bonds is 4. The van der Waals surface area contributed by atoms with Crippen molar-refractivity contribution < 1.29 is 14.3 Å². The van der Waals surface area contributed by atoms with Gasteiger partial charge in [-0.1, -0.05) is 0 Å². The van der Waals surface area contributed by atoms with Gasteiger partial charge in [0.15, 0.2) is 16.6 Å². The number of thiophene rings is 1. The van der Waals surface area contributed by atoms with Gasteiger partial charge in [-0.15, -0.1) is 11.3 Å². The van der Waals surface area contributed by atoms with Crippen LogP contribution >= 0.6 is 22.7 Å². The highest BCUT2D eigenvalue weighted by Crippen LogP contribution is 2.36. The van der Waals surface area contributed by atoms with Crippen molar-refractivity contribution >= 4 is 33.7 Å². The predicted octanol–water partition coefficient (Wildman–Crippen LogP) is 3.78. The van der Waals surface area contributed by atoms with Gasteiger partial charge in [-0.2, -0.15) is 11.3 Å². The zero-order chi connectivity index (χ0) is 15.6. The standard InChI is InChI=1S/C16H12N2O3S2/c19-15(5-10-3-4-22-7-10)18-16-17-12(8-23-16)11-1-2-13-14(6-11)21-9-20-13/h1-4,6-8H,5,9H2,(H,17,18,19). The minimum absolute atomic E-state index is 0.0602. The molecule has 1 aliphatic rings. The average molecular weight is 344 g/mol. The second kappa shape index (κ2) is 6.02. The van der Waals surface area contributed by atoms with Gasteiger partial charge in [0.25, 0.3) is 0 Å². The SMILES string of the molecule is O=C(Cc1ccsc1)Nc1nc(-c2ccc3c(c2)OCO3)cs1. The molecule has 0 fully saturated rings. The third-order valence-corrected chi connectivity index (χ3v) is 4.85. The first-order valence-corrected chi connectivity index (χ1v) is 8.77. The molecule has 1 amide bonds.